The molecule has 1 aliphatic carbocycles. The Balaban J connectivity index is 2.29. The molecule has 3 rings (SSSR count). The topological polar surface area (TPSA) is 35.5 Å². The Hall–Kier alpha value is -2.00. The van der Waals surface area contributed by atoms with Gasteiger partial charge in [0.25, 0.3) is 0 Å². The molecule has 4 heteroatoms. The van der Waals surface area contributed by atoms with Crippen LogP contribution in [0, 0.1) is 0 Å². The van der Waals surface area contributed by atoms with Crippen LogP contribution in [0.2, 0.25) is 0 Å². The lowest BCUT2D eigenvalue weighted by atomic mass is 9.87. The van der Waals surface area contributed by atoms with E-state index in [9.17, 15) is 4.79 Å². The molecule has 0 aliphatic heterocycles. The van der Waals surface area contributed by atoms with Gasteiger partial charge in [0, 0.05) is 32.8 Å². The first kappa shape index (κ1) is 15.9. The van der Waals surface area contributed by atoms with Crippen LogP contribution in [0.3, 0.4) is 0 Å². The SMILES string of the molecule is C=C(C)C(=O)Oc1c2c(c(OC)c3ccccc13)CCC(Cl)C2. The third-order valence-corrected chi connectivity index (χ3v) is 4.58. The van der Waals surface area contributed by atoms with Crippen molar-refractivity contribution in [3.05, 3.63) is 47.5 Å². The number of rotatable bonds is 3. The van der Waals surface area contributed by atoms with Gasteiger partial charge in [-0.1, -0.05) is 30.8 Å². The van der Waals surface area contributed by atoms with Crippen LogP contribution in [-0.4, -0.2) is 18.5 Å². The van der Waals surface area contributed by atoms with Crippen LogP contribution in [0.1, 0.15) is 24.5 Å². The maximum Gasteiger partial charge on any atom is 0.338 e. The number of carbonyl (C=O) groups excluding carboxylic acids is 1. The van der Waals surface area contributed by atoms with E-state index >= 15 is 0 Å². The highest BCUT2D eigenvalue weighted by atomic mass is 35.5. The zero-order chi connectivity index (χ0) is 16.6. The molecular weight excluding hydrogens is 312 g/mol. The molecule has 0 aromatic heterocycles. The van der Waals surface area contributed by atoms with E-state index in [1.807, 2.05) is 24.3 Å². The van der Waals surface area contributed by atoms with Crippen molar-refractivity contribution in [1.82, 2.24) is 0 Å². The van der Waals surface area contributed by atoms with E-state index in [2.05, 4.69) is 6.58 Å². The Labute approximate surface area is 140 Å². The highest BCUT2D eigenvalue weighted by molar-refractivity contribution is 6.21. The summed E-state index contributed by atoms with van der Waals surface area (Å²) in [6.07, 6.45) is 2.36. The number of methoxy groups -OCH3 is 1. The van der Waals surface area contributed by atoms with Crippen molar-refractivity contribution in [2.75, 3.05) is 7.11 Å². The summed E-state index contributed by atoms with van der Waals surface area (Å²) in [7, 11) is 1.68. The third-order valence-electron chi connectivity index (χ3n) is 4.21. The molecule has 0 N–H and O–H groups in total. The molecule has 120 valence electrons. The molecule has 0 radical (unpaired) electrons. The van der Waals surface area contributed by atoms with E-state index in [1.165, 1.54) is 0 Å². The van der Waals surface area contributed by atoms with E-state index < -0.39 is 5.97 Å². The first-order chi connectivity index (χ1) is 11.0. The summed E-state index contributed by atoms with van der Waals surface area (Å²) in [5.74, 6) is 1.03. The Kier molecular flexibility index (Phi) is 4.31. The summed E-state index contributed by atoms with van der Waals surface area (Å²) >= 11 is 6.36. The Morgan fingerprint density at radius 2 is 1.87 bits per heavy atom. The average molecular weight is 331 g/mol. The molecule has 0 spiro atoms. The van der Waals surface area contributed by atoms with Gasteiger partial charge in [0.2, 0.25) is 0 Å². The fourth-order valence-electron chi connectivity index (χ4n) is 3.11. The predicted molar refractivity (Wildman–Crippen MR) is 92.6 cm³/mol. The number of carbonyl (C=O) groups is 1. The molecule has 0 amide bonds. The summed E-state index contributed by atoms with van der Waals surface area (Å²) in [6, 6.07) is 7.80. The number of halogens is 1. The number of alkyl halides is 1. The first-order valence-electron chi connectivity index (χ1n) is 7.65. The summed E-state index contributed by atoms with van der Waals surface area (Å²) in [5, 5.41) is 1.85. The van der Waals surface area contributed by atoms with Gasteiger partial charge < -0.3 is 9.47 Å². The molecule has 2 aromatic rings. The average Bonchev–Trinajstić information content (AvgIpc) is 2.54. The summed E-state index contributed by atoms with van der Waals surface area (Å²) < 4.78 is 11.4. The van der Waals surface area contributed by atoms with Gasteiger partial charge in [0.1, 0.15) is 11.5 Å². The lowest BCUT2D eigenvalue weighted by molar-refractivity contribution is -0.130. The lowest BCUT2D eigenvalue weighted by Gasteiger charge is -2.26. The van der Waals surface area contributed by atoms with Crippen LogP contribution in [0.25, 0.3) is 10.8 Å². The van der Waals surface area contributed by atoms with Gasteiger partial charge in [-0.25, -0.2) is 4.79 Å². The molecule has 2 aromatic carbocycles. The fourth-order valence-corrected chi connectivity index (χ4v) is 3.38. The van der Waals surface area contributed by atoms with Crippen LogP contribution in [0.5, 0.6) is 11.5 Å². The standard InChI is InChI=1S/C19H19ClO3/c1-11(2)19(21)23-18-14-7-5-4-6-13(14)17(22-3)15-9-8-12(20)10-16(15)18/h4-7,12H,1,8-10H2,2-3H3. The summed E-state index contributed by atoms with van der Waals surface area (Å²) in [5.41, 5.74) is 2.44. The number of benzene rings is 2. The van der Waals surface area contributed by atoms with Crippen molar-refractivity contribution in [2.45, 2.75) is 31.6 Å². The van der Waals surface area contributed by atoms with Crippen molar-refractivity contribution in [1.29, 1.82) is 0 Å². The maximum atomic E-state index is 12.1. The molecule has 1 aliphatic rings. The zero-order valence-corrected chi connectivity index (χ0v) is 14.1. The Morgan fingerprint density at radius 3 is 2.48 bits per heavy atom. The Morgan fingerprint density at radius 1 is 1.22 bits per heavy atom. The van der Waals surface area contributed by atoms with E-state index in [0.29, 0.717) is 17.7 Å². The number of esters is 1. The normalized spacial score (nSPS) is 16.7. The van der Waals surface area contributed by atoms with Crippen LogP contribution in [-0.2, 0) is 17.6 Å². The molecule has 0 saturated heterocycles. The Bertz CT molecular complexity index is 795. The van der Waals surface area contributed by atoms with Crippen LogP contribution < -0.4 is 9.47 Å². The van der Waals surface area contributed by atoms with Crippen molar-refractivity contribution >= 4 is 28.3 Å². The van der Waals surface area contributed by atoms with Crippen molar-refractivity contribution < 1.29 is 14.3 Å². The molecule has 1 unspecified atom stereocenters. The lowest BCUT2D eigenvalue weighted by Crippen LogP contribution is -2.18. The number of fused-ring (bicyclic) bond motifs is 2. The monoisotopic (exact) mass is 330 g/mol. The largest absolute Gasteiger partial charge is 0.496 e. The minimum atomic E-state index is -0.417. The van der Waals surface area contributed by atoms with Crippen molar-refractivity contribution in [2.24, 2.45) is 0 Å². The summed E-state index contributed by atoms with van der Waals surface area (Å²) in [6.45, 7) is 5.31. The second-order valence-electron chi connectivity index (χ2n) is 5.87. The maximum absolute atomic E-state index is 12.1. The smallest absolute Gasteiger partial charge is 0.338 e. The first-order valence-corrected chi connectivity index (χ1v) is 8.08. The van der Waals surface area contributed by atoms with Gasteiger partial charge >= 0.3 is 5.97 Å². The van der Waals surface area contributed by atoms with E-state index in [0.717, 1.165) is 40.5 Å². The number of ether oxygens (including phenoxy) is 2. The number of hydrogen-bond acceptors (Lipinski definition) is 3. The highest BCUT2D eigenvalue weighted by Gasteiger charge is 2.28. The molecule has 0 fully saturated rings. The quantitative estimate of drug-likeness (QED) is 0.361. The predicted octanol–water partition coefficient (Wildman–Crippen LogP) is 4.43. The molecule has 3 nitrogen and oxygen atoms in total. The molecule has 1 atom stereocenters. The second-order valence-corrected chi connectivity index (χ2v) is 6.49. The zero-order valence-electron chi connectivity index (χ0n) is 13.3. The van der Waals surface area contributed by atoms with Crippen LogP contribution in [0.4, 0.5) is 0 Å². The molecule has 0 saturated carbocycles. The van der Waals surface area contributed by atoms with Gasteiger partial charge in [-0.15, -0.1) is 11.6 Å². The highest BCUT2D eigenvalue weighted by Crippen LogP contribution is 2.44. The number of hydrogen-bond donors (Lipinski definition) is 0. The van der Waals surface area contributed by atoms with Gasteiger partial charge in [0.15, 0.2) is 0 Å². The van der Waals surface area contributed by atoms with E-state index in [4.69, 9.17) is 21.1 Å². The molecular formula is C19H19ClO3. The van der Waals surface area contributed by atoms with Crippen molar-refractivity contribution in [3.63, 3.8) is 0 Å². The minimum Gasteiger partial charge on any atom is -0.496 e. The van der Waals surface area contributed by atoms with Gasteiger partial charge in [-0.05, 0) is 26.2 Å². The second kappa shape index (κ2) is 6.25. The van der Waals surface area contributed by atoms with Crippen LogP contribution in [0.15, 0.2) is 36.4 Å². The summed E-state index contributed by atoms with van der Waals surface area (Å²) in [4.78, 5) is 12.1. The van der Waals surface area contributed by atoms with E-state index in [1.54, 1.807) is 14.0 Å². The van der Waals surface area contributed by atoms with E-state index in [-0.39, 0.29) is 5.38 Å². The molecule has 0 heterocycles. The van der Waals surface area contributed by atoms with Gasteiger partial charge in [-0.3, -0.25) is 0 Å². The van der Waals surface area contributed by atoms with Gasteiger partial charge in [0.05, 0.1) is 7.11 Å². The molecule has 0 bridgehead atoms. The fraction of sp³-hybridized carbons (Fsp3) is 0.316. The van der Waals surface area contributed by atoms with Crippen LogP contribution >= 0.6 is 11.6 Å². The molecule has 23 heavy (non-hydrogen) atoms. The van der Waals surface area contributed by atoms with Crippen molar-refractivity contribution in [3.8, 4) is 11.5 Å². The third kappa shape index (κ3) is 2.81. The minimum absolute atomic E-state index is 0.0376. The van der Waals surface area contributed by atoms with Gasteiger partial charge in [-0.2, -0.15) is 0 Å².